The number of nitriles is 1. The highest BCUT2D eigenvalue weighted by molar-refractivity contribution is 9.10. The lowest BCUT2D eigenvalue weighted by Gasteiger charge is -2.40. The number of piperidine rings is 1. The maximum Gasteiger partial charge on any atom is 0.0992 e. The molecule has 1 aliphatic rings. The normalized spacial score (nSPS) is 21.4. The Balaban J connectivity index is 2.34. The van der Waals surface area contributed by atoms with E-state index in [1.54, 1.807) is 0 Å². The molecule has 1 saturated heterocycles. The average Bonchev–Trinajstić information content (AvgIpc) is 2.38. The molecule has 2 unspecified atom stereocenters. The molecule has 0 aliphatic carbocycles. The van der Waals surface area contributed by atoms with E-state index >= 15 is 0 Å². The average molecular weight is 308 g/mol. The van der Waals surface area contributed by atoms with Crippen LogP contribution < -0.4 is 10.6 Å². The van der Waals surface area contributed by atoms with Gasteiger partial charge >= 0.3 is 0 Å². The Kier molecular flexibility index (Phi) is 4.26. The van der Waals surface area contributed by atoms with Crippen LogP contribution in [0.4, 0.5) is 5.69 Å². The van der Waals surface area contributed by atoms with Crippen molar-refractivity contribution in [3.05, 3.63) is 28.2 Å². The second kappa shape index (κ2) is 5.73. The second-order valence-electron chi connectivity index (χ2n) is 4.93. The van der Waals surface area contributed by atoms with E-state index in [-0.39, 0.29) is 6.04 Å². The van der Waals surface area contributed by atoms with Gasteiger partial charge in [0.05, 0.1) is 11.6 Å². The molecule has 2 N–H and O–H groups in total. The third kappa shape index (κ3) is 2.85. The first-order valence-electron chi connectivity index (χ1n) is 6.34. The summed E-state index contributed by atoms with van der Waals surface area (Å²) in [5.74, 6) is 0. The van der Waals surface area contributed by atoms with Crippen LogP contribution in [0.15, 0.2) is 22.7 Å². The third-order valence-corrected chi connectivity index (χ3v) is 3.96. The van der Waals surface area contributed by atoms with Crippen molar-refractivity contribution < 1.29 is 0 Å². The largest absolute Gasteiger partial charge is 0.367 e. The second-order valence-corrected chi connectivity index (χ2v) is 5.84. The summed E-state index contributed by atoms with van der Waals surface area (Å²) in [7, 11) is 0. The summed E-state index contributed by atoms with van der Waals surface area (Å²) in [4.78, 5) is 2.35. The lowest BCUT2D eigenvalue weighted by atomic mass is 9.96. The first kappa shape index (κ1) is 13.4. The van der Waals surface area contributed by atoms with Gasteiger partial charge in [0.15, 0.2) is 0 Å². The van der Waals surface area contributed by atoms with Crippen LogP contribution in [0.3, 0.4) is 0 Å². The fraction of sp³-hybridized carbons (Fsp3) is 0.500. The van der Waals surface area contributed by atoms with Crippen molar-refractivity contribution in [3.63, 3.8) is 0 Å². The molecule has 1 heterocycles. The zero-order chi connectivity index (χ0) is 13.1. The Morgan fingerprint density at radius 1 is 1.44 bits per heavy atom. The van der Waals surface area contributed by atoms with E-state index < -0.39 is 0 Å². The van der Waals surface area contributed by atoms with Gasteiger partial charge in [-0.05, 0) is 44.4 Å². The number of nitrogens with zero attached hydrogens (tertiary/aromatic N) is 2. The molecule has 0 bridgehead atoms. The molecule has 2 rings (SSSR count). The van der Waals surface area contributed by atoms with Crippen LogP contribution in [0.1, 0.15) is 31.7 Å². The molecule has 0 radical (unpaired) electrons. The van der Waals surface area contributed by atoms with Crippen molar-refractivity contribution in [1.29, 1.82) is 5.26 Å². The van der Waals surface area contributed by atoms with Gasteiger partial charge in [-0.15, -0.1) is 0 Å². The van der Waals surface area contributed by atoms with Crippen molar-refractivity contribution in [2.24, 2.45) is 5.73 Å². The Labute approximate surface area is 117 Å². The van der Waals surface area contributed by atoms with E-state index in [4.69, 9.17) is 11.0 Å². The molecular weight excluding hydrogens is 290 g/mol. The van der Waals surface area contributed by atoms with Gasteiger partial charge in [0.2, 0.25) is 0 Å². The quantitative estimate of drug-likeness (QED) is 0.913. The fourth-order valence-corrected chi connectivity index (χ4v) is 3.11. The lowest BCUT2D eigenvalue weighted by Crippen LogP contribution is -2.49. The van der Waals surface area contributed by atoms with Gasteiger partial charge in [-0.1, -0.05) is 15.9 Å². The molecule has 2 atom stereocenters. The first-order chi connectivity index (χ1) is 8.61. The van der Waals surface area contributed by atoms with Gasteiger partial charge in [0.1, 0.15) is 0 Å². The maximum atomic E-state index is 9.05. The van der Waals surface area contributed by atoms with E-state index in [9.17, 15) is 0 Å². The molecule has 1 aromatic carbocycles. The zero-order valence-electron chi connectivity index (χ0n) is 10.6. The molecule has 0 spiro atoms. The number of hydrogen-bond donors (Lipinski definition) is 1. The molecule has 1 aromatic rings. The third-order valence-electron chi connectivity index (χ3n) is 3.50. The van der Waals surface area contributed by atoms with Gasteiger partial charge < -0.3 is 10.6 Å². The molecular formula is C14H18BrN3. The van der Waals surface area contributed by atoms with E-state index in [2.05, 4.69) is 39.9 Å². The van der Waals surface area contributed by atoms with Crippen LogP contribution in [0, 0.1) is 11.3 Å². The molecule has 0 amide bonds. The summed E-state index contributed by atoms with van der Waals surface area (Å²) >= 11 is 3.47. The van der Waals surface area contributed by atoms with E-state index in [1.807, 2.05) is 12.1 Å². The number of benzene rings is 1. The highest BCUT2D eigenvalue weighted by Gasteiger charge is 2.25. The Morgan fingerprint density at radius 3 is 2.89 bits per heavy atom. The standard InChI is InChI=1S/C14H18BrN3/c1-10(17)14-4-2-3-5-18(14)13-7-11(9-16)6-12(15)8-13/h6-8,10,14H,2-5,17H2,1H3. The van der Waals surface area contributed by atoms with Crippen LogP contribution >= 0.6 is 15.9 Å². The van der Waals surface area contributed by atoms with Crippen LogP contribution in [-0.2, 0) is 0 Å². The molecule has 1 fully saturated rings. The molecule has 1 aliphatic heterocycles. The SMILES string of the molecule is CC(N)C1CCCCN1c1cc(Br)cc(C#N)c1. The highest BCUT2D eigenvalue weighted by atomic mass is 79.9. The lowest BCUT2D eigenvalue weighted by molar-refractivity contribution is 0.413. The summed E-state index contributed by atoms with van der Waals surface area (Å²) < 4.78 is 0.950. The Morgan fingerprint density at radius 2 is 2.22 bits per heavy atom. The first-order valence-corrected chi connectivity index (χ1v) is 7.14. The van der Waals surface area contributed by atoms with Gasteiger partial charge in [0.25, 0.3) is 0 Å². The minimum atomic E-state index is 0.148. The zero-order valence-corrected chi connectivity index (χ0v) is 12.2. The predicted octanol–water partition coefficient (Wildman–Crippen LogP) is 3.03. The predicted molar refractivity (Wildman–Crippen MR) is 77.5 cm³/mol. The maximum absolute atomic E-state index is 9.05. The number of nitrogens with two attached hydrogens (primary N) is 1. The molecule has 0 saturated carbocycles. The van der Waals surface area contributed by atoms with Gasteiger partial charge in [-0.3, -0.25) is 0 Å². The fourth-order valence-electron chi connectivity index (χ4n) is 2.63. The molecule has 0 aromatic heterocycles. The Hall–Kier alpha value is -1.05. The molecule has 3 nitrogen and oxygen atoms in total. The summed E-state index contributed by atoms with van der Waals surface area (Å²) in [6.07, 6.45) is 3.56. The van der Waals surface area contributed by atoms with Crippen molar-refractivity contribution in [1.82, 2.24) is 0 Å². The van der Waals surface area contributed by atoms with Crippen LogP contribution in [0.25, 0.3) is 0 Å². The smallest absolute Gasteiger partial charge is 0.0992 e. The topological polar surface area (TPSA) is 53.0 Å². The summed E-state index contributed by atoms with van der Waals surface area (Å²) in [5, 5.41) is 9.05. The monoisotopic (exact) mass is 307 g/mol. The number of anilines is 1. The van der Waals surface area contributed by atoms with Crippen molar-refractivity contribution in [3.8, 4) is 6.07 Å². The summed E-state index contributed by atoms with van der Waals surface area (Å²) in [5.41, 5.74) is 7.87. The van der Waals surface area contributed by atoms with Gasteiger partial charge in [-0.2, -0.15) is 5.26 Å². The summed E-state index contributed by atoms with van der Waals surface area (Å²) in [6, 6.07) is 8.59. The van der Waals surface area contributed by atoms with E-state index in [0.29, 0.717) is 11.6 Å². The minimum absolute atomic E-state index is 0.148. The van der Waals surface area contributed by atoms with E-state index in [1.165, 1.54) is 12.8 Å². The van der Waals surface area contributed by atoms with Crippen molar-refractivity contribution in [2.45, 2.75) is 38.3 Å². The molecule has 4 heteroatoms. The minimum Gasteiger partial charge on any atom is -0.367 e. The Bertz CT molecular complexity index is 465. The van der Waals surface area contributed by atoms with Gasteiger partial charge in [0, 0.05) is 28.8 Å². The van der Waals surface area contributed by atoms with Gasteiger partial charge in [-0.25, -0.2) is 0 Å². The molecule has 18 heavy (non-hydrogen) atoms. The van der Waals surface area contributed by atoms with Crippen molar-refractivity contribution >= 4 is 21.6 Å². The van der Waals surface area contributed by atoms with E-state index in [0.717, 1.165) is 23.1 Å². The van der Waals surface area contributed by atoms with Crippen LogP contribution in [0.2, 0.25) is 0 Å². The highest BCUT2D eigenvalue weighted by Crippen LogP contribution is 2.29. The van der Waals surface area contributed by atoms with Crippen molar-refractivity contribution in [2.75, 3.05) is 11.4 Å². The molecule has 96 valence electrons. The number of rotatable bonds is 2. The van der Waals surface area contributed by atoms with Crippen LogP contribution in [0.5, 0.6) is 0 Å². The number of halogens is 1. The number of hydrogen-bond acceptors (Lipinski definition) is 3. The van der Waals surface area contributed by atoms with Crippen LogP contribution in [-0.4, -0.2) is 18.6 Å². The summed E-state index contributed by atoms with van der Waals surface area (Å²) in [6.45, 7) is 3.08.